The molecule has 4 heteroatoms. The van der Waals surface area contributed by atoms with Crippen molar-refractivity contribution < 1.29 is 9.53 Å². The van der Waals surface area contributed by atoms with Crippen molar-refractivity contribution in [3.05, 3.63) is 0 Å². The highest BCUT2D eigenvalue weighted by Crippen LogP contribution is 2.26. The first-order valence-corrected chi connectivity index (χ1v) is 6.61. The summed E-state index contributed by atoms with van der Waals surface area (Å²) >= 11 is 3.55. The van der Waals surface area contributed by atoms with Gasteiger partial charge >= 0.3 is 5.97 Å². The lowest BCUT2D eigenvalue weighted by Gasteiger charge is -2.25. The molecule has 13 heavy (non-hydrogen) atoms. The number of esters is 1. The number of rotatable bonds is 1. The standard InChI is InChI=1S/C9H16O2S2/c1-9(2,3)11-8(10)7-6-12-4-5-13-7/h7H,4-6H2,1-3H3. The molecule has 1 heterocycles. The van der Waals surface area contributed by atoms with Crippen LogP contribution < -0.4 is 0 Å². The fourth-order valence-electron chi connectivity index (χ4n) is 0.991. The van der Waals surface area contributed by atoms with Crippen molar-refractivity contribution in [1.29, 1.82) is 0 Å². The van der Waals surface area contributed by atoms with Gasteiger partial charge in [-0.25, -0.2) is 0 Å². The van der Waals surface area contributed by atoms with Crippen molar-refractivity contribution in [3.8, 4) is 0 Å². The van der Waals surface area contributed by atoms with Crippen LogP contribution in [0.1, 0.15) is 20.8 Å². The maximum Gasteiger partial charge on any atom is 0.320 e. The second-order valence-electron chi connectivity index (χ2n) is 3.97. The van der Waals surface area contributed by atoms with Crippen molar-refractivity contribution in [2.24, 2.45) is 0 Å². The van der Waals surface area contributed by atoms with Crippen molar-refractivity contribution in [3.63, 3.8) is 0 Å². The summed E-state index contributed by atoms with van der Waals surface area (Å²) in [6, 6.07) is 0. The molecule has 0 amide bonds. The van der Waals surface area contributed by atoms with Crippen LogP contribution in [0.2, 0.25) is 0 Å². The summed E-state index contributed by atoms with van der Waals surface area (Å²) in [4.78, 5) is 11.6. The van der Waals surface area contributed by atoms with Gasteiger partial charge in [-0.1, -0.05) is 0 Å². The Balaban J connectivity index is 2.38. The molecular weight excluding hydrogens is 204 g/mol. The second kappa shape index (κ2) is 4.60. The Hall–Kier alpha value is 0.170. The minimum absolute atomic E-state index is 0.0512. The van der Waals surface area contributed by atoms with E-state index in [1.807, 2.05) is 32.5 Å². The second-order valence-corrected chi connectivity index (χ2v) is 6.43. The van der Waals surface area contributed by atoms with E-state index in [0.717, 1.165) is 17.3 Å². The minimum Gasteiger partial charge on any atom is -0.459 e. The van der Waals surface area contributed by atoms with E-state index in [1.165, 1.54) is 0 Å². The van der Waals surface area contributed by atoms with E-state index < -0.39 is 0 Å². The van der Waals surface area contributed by atoms with Gasteiger partial charge in [0, 0.05) is 17.3 Å². The lowest BCUT2D eigenvalue weighted by Crippen LogP contribution is -2.33. The molecule has 1 saturated heterocycles. The van der Waals surface area contributed by atoms with Crippen molar-refractivity contribution in [2.45, 2.75) is 31.6 Å². The van der Waals surface area contributed by atoms with Gasteiger partial charge in [0.15, 0.2) is 0 Å². The van der Waals surface area contributed by atoms with E-state index in [0.29, 0.717) is 0 Å². The van der Waals surface area contributed by atoms with Crippen LogP contribution in [-0.2, 0) is 9.53 Å². The highest BCUT2D eigenvalue weighted by molar-refractivity contribution is 8.07. The fourth-order valence-corrected chi connectivity index (χ4v) is 3.51. The average Bonchev–Trinajstić information content (AvgIpc) is 2.03. The predicted molar refractivity (Wildman–Crippen MR) is 59.4 cm³/mol. The largest absolute Gasteiger partial charge is 0.459 e. The molecule has 2 nitrogen and oxygen atoms in total. The van der Waals surface area contributed by atoms with Gasteiger partial charge in [-0.2, -0.15) is 11.8 Å². The zero-order chi connectivity index (χ0) is 9.90. The Labute approximate surface area is 88.2 Å². The molecule has 1 fully saturated rings. The van der Waals surface area contributed by atoms with E-state index in [1.54, 1.807) is 11.8 Å². The van der Waals surface area contributed by atoms with Crippen molar-refractivity contribution >= 4 is 29.5 Å². The van der Waals surface area contributed by atoms with Gasteiger partial charge in [-0.3, -0.25) is 4.79 Å². The molecule has 0 aromatic carbocycles. The first kappa shape index (κ1) is 11.2. The normalized spacial score (nSPS) is 24.1. The number of carbonyl (C=O) groups excluding carboxylic acids is 1. The smallest absolute Gasteiger partial charge is 0.320 e. The maximum atomic E-state index is 11.6. The number of thioether (sulfide) groups is 2. The molecule has 0 spiro atoms. The van der Waals surface area contributed by atoms with Gasteiger partial charge in [-0.15, -0.1) is 11.8 Å². The van der Waals surface area contributed by atoms with E-state index in [4.69, 9.17) is 4.74 Å². The SMILES string of the molecule is CC(C)(C)OC(=O)C1CSCCS1. The summed E-state index contributed by atoms with van der Waals surface area (Å²) in [6.45, 7) is 5.72. The van der Waals surface area contributed by atoms with Crippen LogP contribution in [0.15, 0.2) is 0 Å². The summed E-state index contributed by atoms with van der Waals surface area (Å²) in [5.74, 6) is 3.07. The van der Waals surface area contributed by atoms with E-state index >= 15 is 0 Å². The topological polar surface area (TPSA) is 26.3 Å². The third kappa shape index (κ3) is 4.27. The summed E-state index contributed by atoms with van der Waals surface area (Å²) in [7, 11) is 0. The molecule has 0 aliphatic carbocycles. The van der Waals surface area contributed by atoms with E-state index in [9.17, 15) is 4.79 Å². The van der Waals surface area contributed by atoms with Crippen LogP contribution in [0, 0.1) is 0 Å². The molecular formula is C9H16O2S2. The van der Waals surface area contributed by atoms with Crippen molar-refractivity contribution in [1.82, 2.24) is 0 Å². The Morgan fingerprint density at radius 2 is 2.08 bits per heavy atom. The fraction of sp³-hybridized carbons (Fsp3) is 0.889. The Morgan fingerprint density at radius 1 is 1.38 bits per heavy atom. The van der Waals surface area contributed by atoms with Gasteiger partial charge in [0.05, 0.1) is 0 Å². The molecule has 0 aromatic heterocycles. The van der Waals surface area contributed by atoms with Gasteiger partial charge in [0.25, 0.3) is 0 Å². The number of hydrogen-bond donors (Lipinski definition) is 0. The Bertz CT molecular complexity index is 181. The summed E-state index contributed by atoms with van der Waals surface area (Å²) in [6.07, 6.45) is 0. The third-order valence-electron chi connectivity index (χ3n) is 1.49. The minimum atomic E-state index is -0.347. The highest BCUT2D eigenvalue weighted by Gasteiger charge is 2.27. The van der Waals surface area contributed by atoms with Crippen LogP contribution >= 0.6 is 23.5 Å². The highest BCUT2D eigenvalue weighted by atomic mass is 32.2. The first-order chi connectivity index (χ1) is 5.99. The molecule has 76 valence electrons. The molecule has 0 saturated carbocycles. The van der Waals surface area contributed by atoms with E-state index in [-0.39, 0.29) is 16.8 Å². The zero-order valence-corrected chi connectivity index (χ0v) is 9.96. The van der Waals surface area contributed by atoms with E-state index in [2.05, 4.69) is 0 Å². The van der Waals surface area contributed by atoms with Gasteiger partial charge < -0.3 is 4.74 Å². The van der Waals surface area contributed by atoms with Crippen LogP contribution in [0.25, 0.3) is 0 Å². The molecule has 1 aliphatic rings. The van der Waals surface area contributed by atoms with Crippen LogP contribution in [0.5, 0.6) is 0 Å². The molecule has 1 unspecified atom stereocenters. The third-order valence-corrected chi connectivity index (χ3v) is 4.22. The van der Waals surface area contributed by atoms with Gasteiger partial charge in [0.1, 0.15) is 10.9 Å². The van der Waals surface area contributed by atoms with Gasteiger partial charge in [-0.05, 0) is 20.8 Å². The lowest BCUT2D eigenvalue weighted by molar-refractivity contribution is -0.153. The molecule has 0 aromatic rings. The first-order valence-electron chi connectivity index (χ1n) is 4.41. The predicted octanol–water partition coefficient (Wildman–Crippen LogP) is 2.18. The molecule has 1 aliphatic heterocycles. The van der Waals surface area contributed by atoms with Crippen LogP contribution in [-0.4, -0.2) is 34.1 Å². The molecule has 1 rings (SSSR count). The average molecular weight is 220 g/mol. The Kier molecular flexibility index (Phi) is 3.98. The zero-order valence-electron chi connectivity index (χ0n) is 8.33. The number of carbonyl (C=O) groups is 1. The molecule has 1 atom stereocenters. The molecule has 0 N–H and O–H groups in total. The maximum absolute atomic E-state index is 11.6. The van der Waals surface area contributed by atoms with Crippen molar-refractivity contribution in [2.75, 3.05) is 17.3 Å². The summed E-state index contributed by atoms with van der Waals surface area (Å²) < 4.78 is 5.30. The monoisotopic (exact) mass is 220 g/mol. The lowest BCUT2D eigenvalue weighted by atomic mass is 10.2. The quantitative estimate of drug-likeness (QED) is 0.633. The number of hydrogen-bond acceptors (Lipinski definition) is 4. The van der Waals surface area contributed by atoms with Gasteiger partial charge in [0.2, 0.25) is 0 Å². The number of ether oxygens (including phenoxy) is 1. The van der Waals surface area contributed by atoms with Crippen LogP contribution in [0.4, 0.5) is 0 Å². The summed E-state index contributed by atoms with van der Waals surface area (Å²) in [5.41, 5.74) is -0.347. The molecule has 0 bridgehead atoms. The Morgan fingerprint density at radius 3 is 2.54 bits per heavy atom. The molecule has 0 radical (unpaired) electrons. The summed E-state index contributed by atoms with van der Waals surface area (Å²) in [5, 5.41) is 0.0537. The van der Waals surface area contributed by atoms with Crippen LogP contribution in [0.3, 0.4) is 0 Å².